The van der Waals surface area contributed by atoms with Crippen LogP contribution < -0.4 is 9.47 Å². The second-order valence-electron chi connectivity index (χ2n) is 5.34. The molecule has 1 heterocycles. The molecule has 0 radical (unpaired) electrons. The van der Waals surface area contributed by atoms with Crippen LogP contribution in [-0.4, -0.2) is 56.7 Å². The first kappa shape index (κ1) is 15.1. The molecule has 0 spiro atoms. The molecule has 1 aliphatic rings. The van der Waals surface area contributed by atoms with Crippen molar-refractivity contribution in [2.75, 3.05) is 46.9 Å². The number of hydrogen-bond donors (Lipinski definition) is 0. The summed E-state index contributed by atoms with van der Waals surface area (Å²) < 4.78 is 10.7. The van der Waals surface area contributed by atoms with Crippen LogP contribution in [0.1, 0.15) is 18.9 Å². The van der Waals surface area contributed by atoms with E-state index < -0.39 is 0 Å². The Kier molecular flexibility index (Phi) is 5.68. The van der Waals surface area contributed by atoms with Crippen molar-refractivity contribution >= 4 is 0 Å². The third kappa shape index (κ3) is 4.12. The Morgan fingerprint density at radius 1 is 0.900 bits per heavy atom. The quantitative estimate of drug-likeness (QED) is 0.796. The molecule has 4 nitrogen and oxygen atoms in total. The third-order valence-corrected chi connectivity index (χ3v) is 3.82. The number of hydrogen-bond acceptors (Lipinski definition) is 4. The van der Waals surface area contributed by atoms with Gasteiger partial charge in [-0.25, -0.2) is 0 Å². The van der Waals surface area contributed by atoms with Crippen LogP contribution in [0.15, 0.2) is 18.2 Å². The van der Waals surface area contributed by atoms with Gasteiger partial charge < -0.3 is 14.4 Å². The Morgan fingerprint density at radius 2 is 1.45 bits per heavy atom. The zero-order valence-corrected chi connectivity index (χ0v) is 12.9. The minimum absolute atomic E-state index is 0.865. The maximum atomic E-state index is 5.33. The van der Waals surface area contributed by atoms with Crippen LogP contribution in [0, 0.1) is 0 Å². The molecule has 0 saturated carbocycles. The Bertz CT molecular complexity index is 393. The largest absolute Gasteiger partial charge is 0.497 e. The van der Waals surface area contributed by atoms with Crippen molar-refractivity contribution in [3.63, 3.8) is 0 Å². The predicted octanol–water partition coefficient (Wildman–Crippen LogP) is 2.23. The highest BCUT2D eigenvalue weighted by Gasteiger charge is 2.16. The molecule has 2 rings (SSSR count). The van der Waals surface area contributed by atoms with E-state index in [4.69, 9.17) is 9.47 Å². The number of benzene rings is 1. The van der Waals surface area contributed by atoms with E-state index in [0.717, 1.165) is 31.1 Å². The highest BCUT2D eigenvalue weighted by molar-refractivity contribution is 5.38. The van der Waals surface area contributed by atoms with Gasteiger partial charge in [-0.15, -0.1) is 0 Å². The van der Waals surface area contributed by atoms with Gasteiger partial charge in [-0.3, -0.25) is 4.90 Å². The molecule has 1 fully saturated rings. The molecule has 112 valence electrons. The van der Waals surface area contributed by atoms with Gasteiger partial charge in [-0.2, -0.15) is 0 Å². The van der Waals surface area contributed by atoms with E-state index in [2.05, 4.69) is 28.9 Å². The molecule has 0 bridgehead atoms. The molecule has 1 saturated heterocycles. The Hall–Kier alpha value is -1.26. The fourth-order valence-electron chi connectivity index (χ4n) is 2.70. The lowest BCUT2D eigenvalue weighted by molar-refractivity contribution is 0.127. The molecular formula is C16H26N2O2. The lowest BCUT2D eigenvalue weighted by Crippen LogP contribution is -2.45. The van der Waals surface area contributed by atoms with Crippen molar-refractivity contribution in [3.05, 3.63) is 23.8 Å². The van der Waals surface area contributed by atoms with Gasteiger partial charge in [0, 0.05) is 38.8 Å². The average Bonchev–Trinajstić information content (AvgIpc) is 2.49. The molecule has 0 aromatic heterocycles. The van der Waals surface area contributed by atoms with E-state index >= 15 is 0 Å². The van der Waals surface area contributed by atoms with Gasteiger partial charge in [-0.05, 0) is 30.7 Å². The van der Waals surface area contributed by atoms with Crippen LogP contribution in [0.5, 0.6) is 11.5 Å². The number of rotatable bonds is 6. The Labute approximate surface area is 122 Å². The standard InChI is InChI=1S/C16H26N2O2/c1-4-5-17-6-8-18(9-7-17)13-14-10-15(19-2)12-16(11-14)20-3/h10-12H,4-9,13H2,1-3H3. The van der Waals surface area contributed by atoms with Gasteiger partial charge in [0.05, 0.1) is 14.2 Å². The van der Waals surface area contributed by atoms with Crippen molar-refractivity contribution in [2.45, 2.75) is 19.9 Å². The first-order valence-corrected chi connectivity index (χ1v) is 7.41. The number of nitrogens with zero attached hydrogens (tertiary/aromatic N) is 2. The average molecular weight is 278 g/mol. The molecule has 1 aromatic carbocycles. The van der Waals surface area contributed by atoms with Crippen LogP contribution in [0.2, 0.25) is 0 Å². The number of piperazine rings is 1. The summed E-state index contributed by atoms with van der Waals surface area (Å²) in [5, 5.41) is 0. The molecule has 1 aliphatic heterocycles. The maximum Gasteiger partial charge on any atom is 0.122 e. The van der Waals surface area contributed by atoms with Crippen LogP contribution >= 0.6 is 0 Å². The fraction of sp³-hybridized carbons (Fsp3) is 0.625. The van der Waals surface area contributed by atoms with Gasteiger partial charge in [0.25, 0.3) is 0 Å². The first-order valence-electron chi connectivity index (χ1n) is 7.41. The van der Waals surface area contributed by atoms with E-state index in [9.17, 15) is 0 Å². The zero-order chi connectivity index (χ0) is 14.4. The van der Waals surface area contributed by atoms with E-state index in [1.165, 1.54) is 31.6 Å². The smallest absolute Gasteiger partial charge is 0.122 e. The summed E-state index contributed by atoms with van der Waals surface area (Å²) in [6, 6.07) is 6.12. The summed E-state index contributed by atoms with van der Waals surface area (Å²) in [6.07, 6.45) is 1.24. The van der Waals surface area contributed by atoms with Crippen LogP contribution in [-0.2, 0) is 6.54 Å². The van der Waals surface area contributed by atoms with Gasteiger partial charge in [0.1, 0.15) is 11.5 Å². The van der Waals surface area contributed by atoms with Crippen molar-refractivity contribution in [2.24, 2.45) is 0 Å². The fourth-order valence-corrected chi connectivity index (χ4v) is 2.70. The van der Waals surface area contributed by atoms with Gasteiger partial charge >= 0.3 is 0 Å². The van der Waals surface area contributed by atoms with Gasteiger partial charge in [-0.1, -0.05) is 6.92 Å². The second kappa shape index (κ2) is 7.50. The number of methoxy groups -OCH3 is 2. The Balaban J connectivity index is 1.93. The Morgan fingerprint density at radius 3 is 1.95 bits per heavy atom. The molecule has 20 heavy (non-hydrogen) atoms. The normalized spacial score (nSPS) is 17.1. The maximum absolute atomic E-state index is 5.33. The molecule has 0 atom stereocenters. The highest BCUT2D eigenvalue weighted by Crippen LogP contribution is 2.23. The second-order valence-corrected chi connectivity index (χ2v) is 5.34. The van der Waals surface area contributed by atoms with Crippen molar-refractivity contribution in [1.82, 2.24) is 9.80 Å². The van der Waals surface area contributed by atoms with Crippen molar-refractivity contribution in [3.8, 4) is 11.5 Å². The number of ether oxygens (including phenoxy) is 2. The molecule has 0 N–H and O–H groups in total. The summed E-state index contributed by atoms with van der Waals surface area (Å²) in [5.74, 6) is 1.73. The first-order chi connectivity index (χ1) is 9.75. The van der Waals surface area contributed by atoms with E-state index in [-0.39, 0.29) is 0 Å². The molecule has 0 amide bonds. The van der Waals surface area contributed by atoms with Crippen molar-refractivity contribution in [1.29, 1.82) is 0 Å². The summed E-state index contributed by atoms with van der Waals surface area (Å²) in [7, 11) is 3.39. The summed E-state index contributed by atoms with van der Waals surface area (Å²) in [4.78, 5) is 5.04. The summed E-state index contributed by atoms with van der Waals surface area (Å²) >= 11 is 0. The van der Waals surface area contributed by atoms with Gasteiger partial charge in [0.15, 0.2) is 0 Å². The van der Waals surface area contributed by atoms with Crippen LogP contribution in [0.3, 0.4) is 0 Å². The van der Waals surface area contributed by atoms with Crippen LogP contribution in [0.25, 0.3) is 0 Å². The topological polar surface area (TPSA) is 24.9 Å². The molecule has 0 unspecified atom stereocenters. The summed E-state index contributed by atoms with van der Waals surface area (Å²) in [5.41, 5.74) is 1.25. The predicted molar refractivity (Wildman–Crippen MR) is 81.6 cm³/mol. The lowest BCUT2D eigenvalue weighted by atomic mass is 10.1. The molecule has 0 aliphatic carbocycles. The van der Waals surface area contributed by atoms with Gasteiger partial charge in [0.2, 0.25) is 0 Å². The molecular weight excluding hydrogens is 252 g/mol. The van der Waals surface area contributed by atoms with Crippen LogP contribution in [0.4, 0.5) is 0 Å². The lowest BCUT2D eigenvalue weighted by Gasteiger charge is -2.34. The summed E-state index contributed by atoms with van der Waals surface area (Å²) in [6.45, 7) is 9.06. The third-order valence-electron chi connectivity index (χ3n) is 3.82. The van der Waals surface area contributed by atoms with E-state index in [1.807, 2.05) is 6.07 Å². The SMILES string of the molecule is CCCN1CCN(Cc2cc(OC)cc(OC)c2)CC1. The monoisotopic (exact) mass is 278 g/mol. The zero-order valence-electron chi connectivity index (χ0n) is 12.9. The van der Waals surface area contributed by atoms with E-state index in [1.54, 1.807) is 14.2 Å². The highest BCUT2D eigenvalue weighted by atomic mass is 16.5. The van der Waals surface area contributed by atoms with E-state index in [0.29, 0.717) is 0 Å². The minimum atomic E-state index is 0.865. The minimum Gasteiger partial charge on any atom is -0.497 e. The van der Waals surface area contributed by atoms with Crippen molar-refractivity contribution < 1.29 is 9.47 Å². The molecule has 4 heteroatoms. The molecule has 1 aromatic rings.